The van der Waals surface area contributed by atoms with E-state index in [1.807, 2.05) is 20.8 Å². The average molecular weight is 293 g/mol. The molecular formula is C15H17ClN2O2. The normalized spacial score (nSPS) is 10.9. The second-order valence-electron chi connectivity index (χ2n) is 5.08. The summed E-state index contributed by atoms with van der Waals surface area (Å²) in [7, 11) is 0. The van der Waals surface area contributed by atoms with E-state index in [-0.39, 0.29) is 11.8 Å². The molecule has 2 rings (SSSR count). The van der Waals surface area contributed by atoms with Crippen LogP contribution in [0.1, 0.15) is 47.1 Å². The third-order valence-electron chi connectivity index (χ3n) is 3.08. The van der Waals surface area contributed by atoms with Crippen LogP contribution in [0.4, 0.5) is 5.69 Å². The zero-order chi connectivity index (χ0) is 14.9. The van der Waals surface area contributed by atoms with Gasteiger partial charge in [0.05, 0.1) is 5.69 Å². The van der Waals surface area contributed by atoms with Gasteiger partial charge in [-0.25, -0.2) is 0 Å². The highest BCUT2D eigenvalue weighted by Gasteiger charge is 2.22. The molecule has 20 heavy (non-hydrogen) atoms. The lowest BCUT2D eigenvalue weighted by atomic mass is 10.0. The molecule has 1 amide bonds. The van der Waals surface area contributed by atoms with Gasteiger partial charge in [0, 0.05) is 16.6 Å². The molecule has 1 aromatic heterocycles. The first-order valence-corrected chi connectivity index (χ1v) is 6.81. The molecule has 1 N–H and O–H groups in total. The molecule has 0 aliphatic heterocycles. The minimum Gasteiger partial charge on any atom is -0.360 e. The van der Waals surface area contributed by atoms with Gasteiger partial charge in [-0.05, 0) is 37.6 Å². The van der Waals surface area contributed by atoms with Crippen molar-refractivity contribution in [1.82, 2.24) is 5.16 Å². The summed E-state index contributed by atoms with van der Waals surface area (Å²) in [5.41, 5.74) is 2.74. The van der Waals surface area contributed by atoms with E-state index in [9.17, 15) is 4.79 Å². The van der Waals surface area contributed by atoms with Gasteiger partial charge in [0.15, 0.2) is 5.76 Å². The predicted molar refractivity (Wildman–Crippen MR) is 79.5 cm³/mol. The quantitative estimate of drug-likeness (QED) is 0.916. The molecule has 1 heterocycles. The number of hydrogen-bond acceptors (Lipinski definition) is 3. The highest BCUT2D eigenvalue weighted by Crippen LogP contribution is 2.25. The first-order valence-electron chi connectivity index (χ1n) is 6.43. The molecule has 0 aliphatic rings. The Kier molecular flexibility index (Phi) is 4.14. The van der Waals surface area contributed by atoms with E-state index >= 15 is 0 Å². The zero-order valence-electron chi connectivity index (χ0n) is 12.0. The average Bonchev–Trinajstić information content (AvgIpc) is 2.75. The van der Waals surface area contributed by atoms with Gasteiger partial charge in [-0.1, -0.05) is 30.6 Å². The topological polar surface area (TPSA) is 55.1 Å². The molecule has 0 saturated carbocycles. The van der Waals surface area contributed by atoms with Crippen LogP contribution in [0.15, 0.2) is 22.7 Å². The number of benzene rings is 1. The van der Waals surface area contributed by atoms with E-state index in [1.165, 1.54) is 0 Å². The Morgan fingerprint density at radius 2 is 2.05 bits per heavy atom. The van der Waals surface area contributed by atoms with E-state index in [4.69, 9.17) is 16.1 Å². The van der Waals surface area contributed by atoms with Crippen LogP contribution in [-0.2, 0) is 0 Å². The molecule has 5 heteroatoms. The summed E-state index contributed by atoms with van der Waals surface area (Å²) in [6, 6.07) is 5.34. The van der Waals surface area contributed by atoms with Crippen molar-refractivity contribution in [2.24, 2.45) is 0 Å². The molecule has 0 unspecified atom stereocenters. The van der Waals surface area contributed by atoms with E-state index in [0.717, 1.165) is 11.3 Å². The summed E-state index contributed by atoms with van der Waals surface area (Å²) in [5, 5.41) is 7.40. The first kappa shape index (κ1) is 14.6. The lowest BCUT2D eigenvalue weighted by Crippen LogP contribution is -2.15. The van der Waals surface area contributed by atoms with Crippen molar-refractivity contribution in [2.75, 3.05) is 5.32 Å². The number of halogens is 1. The largest absolute Gasteiger partial charge is 0.360 e. The van der Waals surface area contributed by atoms with E-state index < -0.39 is 0 Å². The Labute approximate surface area is 123 Å². The third-order valence-corrected chi connectivity index (χ3v) is 3.31. The van der Waals surface area contributed by atoms with Crippen molar-refractivity contribution in [3.63, 3.8) is 0 Å². The van der Waals surface area contributed by atoms with Crippen LogP contribution in [0, 0.1) is 13.8 Å². The van der Waals surface area contributed by atoms with Gasteiger partial charge in [-0.15, -0.1) is 0 Å². The Hall–Kier alpha value is -1.81. The molecule has 106 valence electrons. The maximum atomic E-state index is 12.4. The van der Waals surface area contributed by atoms with Gasteiger partial charge in [-0.3, -0.25) is 4.79 Å². The number of rotatable bonds is 3. The second kappa shape index (κ2) is 5.67. The molecular weight excluding hydrogens is 276 g/mol. The summed E-state index contributed by atoms with van der Waals surface area (Å²) in [6.45, 7) is 7.58. The summed E-state index contributed by atoms with van der Waals surface area (Å²) < 4.78 is 5.23. The molecule has 2 aromatic rings. The van der Waals surface area contributed by atoms with Gasteiger partial charge >= 0.3 is 0 Å². The third kappa shape index (κ3) is 2.85. The second-order valence-corrected chi connectivity index (χ2v) is 5.51. The molecule has 0 atom stereocenters. The number of aromatic nitrogens is 1. The molecule has 0 radical (unpaired) electrons. The van der Waals surface area contributed by atoms with Gasteiger partial charge in [0.2, 0.25) is 0 Å². The fourth-order valence-corrected chi connectivity index (χ4v) is 2.24. The Bertz CT molecular complexity index is 647. The van der Waals surface area contributed by atoms with Crippen LogP contribution in [-0.4, -0.2) is 11.1 Å². The lowest BCUT2D eigenvalue weighted by Gasteiger charge is -2.09. The van der Waals surface area contributed by atoms with Crippen molar-refractivity contribution < 1.29 is 9.32 Å². The lowest BCUT2D eigenvalue weighted by molar-refractivity contribution is 0.102. The molecule has 1 aromatic carbocycles. The van der Waals surface area contributed by atoms with Crippen molar-refractivity contribution in [1.29, 1.82) is 0 Å². The van der Waals surface area contributed by atoms with Crippen molar-refractivity contribution in [3.8, 4) is 0 Å². The Morgan fingerprint density at radius 1 is 1.35 bits per heavy atom. The molecule has 0 fully saturated rings. The highest BCUT2D eigenvalue weighted by molar-refractivity contribution is 6.30. The smallest absolute Gasteiger partial charge is 0.261 e. The van der Waals surface area contributed by atoms with Crippen LogP contribution in [0.25, 0.3) is 0 Å². The minimum absolute atomic E-state index is 0.100. The van der Waals surface area contributed by atoms with Crippen LogP contribution >= 0.6 is 11.6 Å². The Morgan fingerprint density at radius 3 is 2.65 bits per heavy atom. The van der Waals surface area contributed by atoms with Gasteiger partial charge in [0.25, 0.3) is 5.91 Å². The van der Waals surface area contributed by atoms with Crippen molar-refractivity contribution in [3.05, 3.63) is 45.8 Å². The molecule has 0 spiro atoms. The van der Waals surface area contributed by atoms with Gasteiger partial charge < -0.3 is 9.84 Å². The summed E-state index contributed by atoms with van der Waals surface area (Å²) >= 11 is 5.91. The number of carbonyl (C=O) groups is 1. The van der Waals surface area contributed by atoms with Crippen molar-refractivity contribution >= 4 is 23.2 Å². The van der Waals surface area contributed by atoms with Crippen molar-refractivity contribution in [2.45, 2.75) is 33.6 Å². The molecule has 4 nitrogen and oxygen atoms in total. The fourth-order valence-electron chi connectivity index (χ4n) is 2.01. The summed E-state index contributed by atoms with van der Waals surface area (Å²) in [5.74, 6) is 0.493. The molecule has 0 aliphatic carbocycles. The highest BCUT2D eigenvalue weighted by atomic mass is 35.5. The van der Waals surface area contributed by atoms with E-state index in [0.29, 0.717) is 22.0 Å². The number of anilines is 1. The van der Waals surface area contributed by atoms with Crippen LogP contribution < -0.4 is 5.32 Å². The first-order chi connectivity index (χ1) is 9.40. The number of nitrogens with zero attached hydrogens (tertiary/aromatic N) is 1. The predicted octanol–water partition coefficient (Wildman–Crippen LogP) is 4.32. The minimum atomic E-state index is -0.210. The molecule has 0 bridgehead atoms. The monoisotopic (exact) mass is 292 g/mol. The van der Waals surface area contributed by atoms with Crippen LogP contribution in [0.5, 0.6) is 0 Å². The summed E-state index contributed by atoms with van der Waals surface area (Å²) in [4.78, 5) is 12.4. The molecule has 0 saturated heterocycles. The maximum Gasteiger partial charge on any atom is 0.261 e. The number of carbonyl (C=O) groups excluding carboxylic acids is 1. The van der Waals surface area contributed by atoms with Crippen LogP contribution in [0.3, 0.4) is 0 Å². The standard InChI is InChI=1S/C15H17ClN2O2/c1-8(2)14-13(10(4)18-20-14)15(19)17-12-6-5-11(16)7-9(12)3/h5-8H,1-4H3,(H,17,19). The zero-order valence-corrected chi connectivity index (χ0v) is 12.7. The summed E-state index contributed by atoms with van der Waals surface area (Å²) in [6.07, 6.45) is 0. The van der Waals surface area contributed by atoms with Crippen LogP contribution in [0.2, 0.25) is 5.02 Å². The SMILES string of the molecule is Cc1cc(Cl)ccc1NC(=O)c1c(C)noc1C(C)C. The van der Waals surface area contributed by atoms with E-state index in [2.05, 4.69) is 10.5 Å². The van der Waals surface area contributed by atoms with E-state index in [1.54, 1.807) is 25.1 Å². The maximum absolute atomic E-state index is 12.4. The number of aryl methyl sites for hydroxylation is 2. The Balaban J connectivity index is 2.31. The number of amides is 1. The van der Waals surface area contributed by atoms with Gasteiger partial charge in [0.1, 0.15) is 5.56 Å². The number of hydrogen-bond donors (Lipinski definition) is 1. The fraction of sp³-hybridized carbons (Fsp3) is 0.333. The number of nitrogens with one attached hydrogen (secondary N) is 1. The van der Waals surface area contributed by atoms with Gasteiger partial charge in [-0.2, -0.15) is 0 Å².